The summed E-state index contributed by atoms with van der Waals surface area (Å²) in [6.07, 6.45) is 3.77. The zero-order valence-electron chi connectivity index (χ0n) is 20.2. The van der Waals surface area contributed by atoms with Crippen LogP contribution in [0.1, 0.15) is 69.4 Å². The van der Waals surface area contributed by atoms with Gasteiger partial charge in [0.25, 0.3) is 0 Å². The van der Waals surface area contributed by atoms with E-state index in [1.807, 2.05) is 43.3 Å². The van der Waals surface area contributed by atoms with Crippen molar-refractivity contribution in [3.63, 3.8) is 0 Å². The monoisotopic (exact) mass is 501 g/mol. The van der Waals surface area contributed by atoms with Crippen molar-refractivity contribution in [2.75, 3.05) is 0 Å². The van der Waals surface area contributed by atoms with Gasteiger partial charge in [0.15, 0.2) is 0 Å². The van der Waals surface area contributed by atoms with Gasteiger partial charge in [-0.2, -0.15) is 0 Å². The quantitative estimate of drug-likeness (QED) is 0.344. The summed E-state index contributed by atoms with van der Waals surface area (Å²) in [5.74, 6) is 0.970. The van der Waals surface area contributed by atoms with Crippen LogP contribution in [0.3, 0.4) is 0 Å². The Morgan fingerprint density at radius 1 is 1.12 bits per heavy atom. The molecule has 0 bridgehead atoms. The number of nitrogens with two attached hydrogens (primary N) is 1. The van der Waals surface area contributed by atoms with E-state index in [-0.39, 0.29) is 17.4 Å². The smallest absolute Gasteiger partial charge is 0.220 e. The molecule has 34 heavy (non-hydrogen) atoms. The molecule has 3 rings (SSSR count). The van der Waals surface area contributed by atoms with Gasteiger partial charge in [0.2, 0.25) is 11.8 Å². The van der Waals surface area contributed by atoms with Crippen molar-refractivity contribution < 1.29 is 9.21 Å². The second kappa shape index (κ2) is 10.9. The minimum absolute atomic E-state index is 0.0412. The van der Waals surface area contributed by atoms with Gasteiger partial charge >= 0.3 is 0 Å². The minimum Gasteiger partial charge on any atom is -0.442 e. The minimum atomic E-state index is -0.777. The molecular formula is C27H33Cl2N3O2. The lowest BCUT2D eigenvalue weighted by molar-refractivity contribution is -0.122. The predicted molar refractivity (Wildman–Crippen MR) is 138 cm³/mol. The summed E-state index contributed by atoms with van der Waals surface area (Å²) < 4.78 is 6.14. The largest absolute Gasteiger partial charge is 0.442 e. The van der Waals surface area contributed by atoms with Crippen LogP contribution in [0.25, 0.3) is 0 Å². The second-order valence-corrected chi connectivity index (χ2v) is 11.1. The number of halogens is 2. The lowest BCUT2D eigenvalue weighted by atomic mass is 9.87. The molecule has 0 saturated carbocycles. The molecule has 3 N–H and O–H groups in total. The fourth-order valence-electron chi connectivity index (χ4n) is 3.88. The van der Waals surface area contributed by atoms with Crippen LogP contribution >= 0.6 is 23.2 Å². The van der Waals surface area contributed by atoms with Crippen LogP contribution in [0, 0.1) is 5.41 Å². The van der Waals surface area contributed by atoms with E-state index in [4.69, 9.17) is 33.4 Å². The standard InChI is InChI=1S/C27H33Cl2N3O2/c1-26(2,3)16-22(32-24(33)13-11-19-10-12-20(28)14-21(19)29)23-17-31-25(34-23)27(4,30)15-18-8-6-5-7-9-18/h5-10,12,14,17,22H,11,13,15-16,30H2,1-4H3,(H,32,33)/t22?,27-/m1/s1. The highest BCUT2D eigenvalue weighted by atomic mass is 35.5. The molecular weight excluding hydrogens is 469 g/mol. The molecule has 0 aliphatic heterocycles. The zero-order chi connectivity index (χ0) is 24.9. The number of carbonyl (C=O) groups excluding carboxylic acids is 1. The molecule has 0 aliphatic rings. The topological polar surface area (TPSA) is 81.2 Å². The summed E-state index contributed by atoms with van der Waals surface area (Å²) in [4.78, 5) is 17.3. The first-order valence-electron chi connectivity index (χ1n) is 11.5. The molecule has 0 radical (unpaired) electrons. The van der Waals surface area contributed by atoms with Crippen LogP contribution in [0.4, 0.5) is 0 Å². The van der Waals surface area contributed by atoms with Crippen molar-refractivity contribution in [2.45, 2.75) is 65.0 Å². The molecule has 0 saturated heterocycles. The van der Waals surface area contributed by atoms with Gasteiger partial charge in [-0.25, -0.2) is 4.98 Å². The average molecular weight is 502 g/mol. The number of oxazole rings is 1. The molecule has 1 aromatic heterocycles. The molecule has 5 nitrogen and oxygen atoms in total. The highest BCUT2D eigenvalue weighted by molar-refractivity contribution is 6.35. The number of rotatable bonds is 9. The number of nitrogens with zero attached hydrogens (tertiary/aromatic N) is 1. The SMILES string of the molecule is CC(C)(C)CC(NC(=O)CCc1ccc(Cl)cc1Cl)c1cnc([C@](C)(N)Cc2ccccc2)o1. The van der Waals surface area contributed by atoms with Crippen molar-refractivity contribution in [1.29, 1.82) is 0 Å². The summed E-state index contributed by atoms with van der Waals surface area (Å²) in [5.41, 5.74) is 7.75. The van der Waals surface area contributed by atoms with E-state index in [2.05, 4.69) is 31.1 Å². The van der Waals surface area contributed by atoms with E-state index >= 15 is 0 Å². The molecule has 1 heterocycles. The van der Waals surface area contributed by atoms with E-state index in [9.17, 15) is 4.79 Å². The van der Waals surface area contributed by atoms with E-state index < -0.39 is 5.54 Å². The number of nitrogens with one attached hydrogen (secondary N) is 1. The van der Waals surface area contributed by atoms with E-state index in [0.29, 0.717) is 47.4 Å². The van der Waals surface area contributed by atoms with Crippen LogP contribution in [0.5, 0.6) is 0 Å². The van der Waals surface area contributed by atoms with Gasteiger partial charge in [-0.3, -0.25) is 4.79 Å². The van der Waals surface area contributed by atoms with Crippen molar-refractivity contribution in [1.82, 2.24) is 10.3 Å². The van der Waals surface area contributed by atoms with Crippen LogP contribution in [0.15, 0.2) is 59.1 Å². The predicted octanol–water partition coefficient (Wildman–Crippen LogP) is 6.62. The Morgan fingerprint density at radius 2 is 1.82 bits per heavy atom. The lowest BCUT2D eigenvalue weighted by Gasteiger charge is -2.26. The van der Waals surface area contributed by atoms with Crippen molar-refractivity contribution in [2.24, 2.45) is 11.1 Å². The fourth-order valence-corrected chi connectivity index (χ4v) is 4.38. The number of benzene rings is 2. The van der Waals surface area contributed by atoms with Crippen LogP contribution < -0.4 is 11.1 Å². The summed E-state index contributed by atoms with van der Waals surface area (Å²) in [5, 5.41) is 4.26. The first-order chi connectivity index (χ1) is 15.9. The van der Waals surface area contributed by atoms with Gasteiger partial charge in [0.1, 0.15) is 5.76 Å². The first kappa shape index (κ1) is 26.3. The summed E-state index contributed by atoms with van der Waals surface area (Å²) >= 11 is 12.2. The van der Waals surface area contributed by atoms with Gasteiger partial charge in [-0.1, -0.05) is 80.4 Å². The number of aryl methyl sites for hydroxylation is 1. The third kappa shape index (κ3) is 7.59. The third-order valence-corrected chi connectivity index (χ3v) is 6.14. The molecule has 3 aromatic rings. The van der Waals surface area contributed by atoms with Crippen LogP contribution in [-0.4, -0.2) is 10.9 Å². The lowest BCUT2D eigenvalue weighted by Crippen LogP contribution is -2.36. The number of hydrogen-bond acceptors (Lipinski definition) is 4. The number of amides is 1. The summed E-state index contributed by atoms with van der Waals surface area (Å²) in [6, 6.07) is 15.0. The third-order valence-electron chi connectivity index (χ3n) is 5.56. The van der Waals surface area contributed by atoms with Crippen LogP contribution in [-0.2, 0) is 23.2 Å². The highest BCUT2D eigenvalue weighted by Gasteiger charge is 2.31. The Labute approximate surface area is 212 Å². The van der Waals surface area contributed by atoms with E-state index in [1.54, 1.807) is 18.3 Å². The Balaban J connectivity index is 1.72. The van der Waals surface area contributed by atoms with Gasteiger partial charge in [0.05, 0.1) is 17.8 Å². The molecule has 0 spiro atoms. The second-order valence-electron chi connectivity index (χ2n) is 10.3. The molecule has 2 atom stereocenters. The van der Waals surface area contributed by atoms with Crippen molar-refractivity contribution in [3.05, 3.63) is 87.6 Å². The average Bonchev–Trinajstić information content (AvgIpc) is 3.23. The molecule has 1 amide bonds. The number of carbonyl (C=O) groups is 1. The number of aromatic nitrogens is 1. The molecule has 2 aromatic carbocycles. The van der Waals surface area contributed by atoms with Gasteiger partial charge in [-0.05, 0) is 54.9 Å². The van der Waals surface area contributed by atoms with Crippen molar-refractivity contribution in [3.8, 4) is 0 Å². The fraction of sp³-hybridized carbons (Fsp3) is 0.407. The molecule has 7 heteroatoms. The van der Waals surface area contributed by atoms with E-state index in [0.717, 1.165) is 11.1 Å². The number of hydrogen-bond donors (Lipinski definition) is 2. The van der Waals surface area contributed by atoms with Gasteiger partial charge in [-0.15, -0.1) is 0 Å². The Kier molecular flexibility index (Phi) is 8.45. The van der Waals surface area contributed by atoms with Crippen LogP contribution in [0.2, 0.25) is 10.0 Å². The maximum absolute atomic E-state index is 12.8. The Morgan fingerprint density at radius 3 is 2.47 bits per heavy atom. The maximum Gasteiger partial charge on any atom is 0.220 e. The molecule has 0 aliphatic carbocycles. The Bertz CT molecular complexity index is 1100. The zero-order valence-corrected chi connectivity index (χ0v) is 21.7. The molecule has 1 unspecified atom stereocenters. The molecule has 182 valence electrons. The maximum atomic E-state index is 12.8. The van der Waals surface area contributed by atoms with Gasteiger partial charge in [0, 0.05) is 16.5 Å². The normalized spacial score (nSPS) is 14.4. The summed E-state index contributed by atoms with van der Waals surface area (Å²) in [7, 11) is 0. The van der Waals surface area contributed by atoms with E-state index in [1.165, 1.54) is 0 Å². The first-order valence-corrected chi connectivity index (χ1v) is 12.2. The Hall–Kier alpha value is -2.34. The highest BCUT2D eigenvalue weighted by Crippen LogP contribution is 2.32. The van der Waals surface area contributed by atoms with Crippen molar-refractivity contribution >= 4 is 29.1 Å². The summed E-state index contributed by atoms with van der Waals surface area (Å²) in [6.45, 7) is 8.28. The molecule has 0 fully saturated rings. The van der Waals surface area contributed by atoms with Gasteiger partial charge < -0.3 is 15.5 Å².